The van der Waals surface area contributed by atoms with E-state index in [1.165, 1.54) is 0 Å². The molecule has 1 amide bonds. The van der Waals surface area contributed by atoms with E-state index in [2.05, 4.69) is 15.1 Å². The maximum Gasteiger partial charge on any atom is 0.260 e. The summed E-state index contributed by atoms with van der Waals surface area (Å²) in [4.78, 5) is 16.4. The summed E-state index contributed by atoms with van der Waals surface area (Å²) in [6.07, 6.45) is 0. The molecule has 0 spiro atoms. The number of halogens is 2. The zero-order valence-electron chi connectivity index (χ0n) is 17.5. The van der Waals surface area contributed by atoms with Gasteiger partial charge in [-0.25, -0.2) is 0 Å². The lowest BCUT2D eigenvalue weighted by atomic mass is 10.1. The monoisotopic (exact) mass is 486 g/mol. The number of ether oxygens (including phenoxy) is 3. The van der Waals surface area contributed by atoms with Crippen molar-refractivity contribution in [3.63, 3.8) is 0 Å². The SMILES string of the molecule is O=C(COc1ccc(Cl)cc1Cl)N1CCN(c2ccc(-c3ccc4c(c3)OCO4)nn2)CC1. The zero-order chi connectivity index (χ0) is 22.8. The van der Waals surface area contributed by atoms with Gasteiger partial charge in [0.1, 0.15) is 5.75 Å². The van der Waals surface area contributed by atoms with Crippen LogP contribution in [0.3, 0.4) is 0 Å². The quantitative estimate of drug-likeness (QED) is 0.540. The summed E-state index contributed by atoms with van der Waals surface area (Å²) < 4.78 is 16.3. The number of hydrogen-bond acceptors (Lipinski definition) is 7. The van der Waals surface area contributed by atoms with E-state index in [4.69, 9.17) is 37.4 Å². The minimum Gasteiger partial charge on any atom is -0.482 e. The Morgan fingerprint density at radius 3 is 2.52 bits per heavy atom. The van der Waals surface area contributed by atoms with Crippen LogP contribution in [0.15, 0.2) is 48.5 Å². The molecule has 0 bridgehead atoms. The topological polar surface area (TPSA) is 77.0 Å². The minimum atomic E-state index is -0.0927. The van der Waals surface area contributed by atoms with Crippen molar-refractivity contribution in [3.8, 4) is 28.5 Å². The molecular weight excluding hydrogens is 467 g/mol. The van der Waals surface area contributed by atoms with E-state index in [-0.39, 0.29) is 19.3 Å². The highest BCUT2D eigenvalue weighted by atomic mass is 35.5. The number of amides is 1. The summed E-state index contributed by atoms with van der Waals surface area (Å²) >= 11 is 12.0. The number of carbonyl (C=O) groups excluding carboxylic acids is 1. The molecule has 0 radical (unpaired) electrons. The lowest BCUT2D eigenvalue weighted by Crippen LogP contribution is -2.50. The largest absolute Gasteiger partial charge is 0.482 e. The van der Waals surface area contributed by atoms with Crippen molar-refractivity contribution >= 4 is 34.9 Å². The van der Waals surface area contributed by atoms with Crippen molar-refractivity contribution in [2.24, 2.45) is 0 Å². The first-order valence-corrected chi connectivity index (χ1v) is 11.2. The van der Waals surface area contributed by atoms with Gasteiger partial charge in [0, 0.05) is 36.8 Å². The summed E-state index contributed by atoms with van der Waals surface area (Å²) in [5.41, 5.74) is 1.67. The standard InChI is InChI=1S/C23H20Cl2N4O4/c24-16-2-5-19(17(25)12-16)31-13-23(30)29-9-7-28(8-10-29)22-6-3-18(26-27-22)15-1-4-20-21(11-15)33-14-32-20/h1-6,11-12H,7-10,13-14H2. The fraction of sp³-hybridized carbons (Fsp3) is 0.261. The molecule has 0 unspecified atom stereocenters. The van der Waals surface area contributed by atoms with Crippen molar-refractivity contribution in [3.05, 3.63) is 58.6 Å². The van der Waals surface area contributed by atoms with Crippen LogP contribution < -0.4 is 19.1 Å². The normalized spacial score (nSPS) is 15.0. The van der Waals surface area contributed by atoms with Gasteiger partial charge < -0.3 is 24.0 Å². The minimum absolute atomic E-state index is 0.0780. The van der Waals surface area contributed by atoms with E-state index in [1.54, 1.807) is 23.1 Å². The van der Waals surface area contributed by atoms with Crippen LogP contribution in [0, 0.1) is 0 Å². The third-order valence-corrected chi connectivity index (χ3v) is 6.05. The van der Waals surface area contributed by atoms with Crippen LogP contribution in [0.4, 0.5) is 5.82 Å². The van der Waals surface area contributed by atoms with E-state index >= 15 is 0 Å². The highest BCUT2D eigenvalue weighted by Crippen LogP contribution is 2.35. The first-order chi connectivity index (χ1) is 16.1. The summed E-state index contributed by atoms with van der Waals surface area (Å²) in [5.74, 6) is 2.56. The van der Waals surface area contributed by atoms with Crippen molar-refractivity contribution in [2.45, 2.75) is 0 Å². The average molecular weight is 487 g/mol. The molecule has 2 aliphatic rings. The number of rotatable bonds is 5. The van der Waals surface area contributed by atoms with Gasteiger partial charge in [-0.2, -0.15) is 0 Å². The van der Waals surface area contributed by atoms with Gasteiger partial charge >= 0.3 is 0 Å². The number of carbonyl (C=O) groups is 1. The third kappa shape index (κ3) is 4.77. The van der Waals surface area contributed by atoms with Crippen molar-refractivity contribution in [2.75, 3.05) is 44.5 Å². The molecule has 1 aromatic heterocycles. The smallest absolute Gasteiger partial charge is 0.260 e. The van der Waals surface area contributed by atoms with Crippen LogP contribution >= 0.6 is 23.2 Å². The van der Waals surface area contributed by atoms with Gasteiger partial charge in [-0.3, -0.25) is 4.79 Å². The van der Waals surface area contributed by atoms with Gasteiger partial charge in [-0.1, -0.05) is 23.2 Å². The predicted octanol–water partition coefficient (Wildman–Crippen LogP) is 3.91. The van der Waals surface area contributed by atoms with Crippen LogP contribution in [-0.4, -0.2) is 60.6 Å². The van der Waals surface area contributed by atoms with Gasteiger partial charge in [0.05, 0.1) is 10.7 Å². The molecule has 8 nitrogen and oxygen atoms in total. The van der Waals surface area contributed by atoms with Crippen LogP contribution in [-0.2, 0) is 4.79 Å². The molecule has 33 heavy (non-hydrogen) atoms. The second-order valence-electron chi connectivity index (χ2n) is 7.58. The Kier molecular flexibility index (Phi) is 6.11. The fourth-order valence-corrected chi connectivity index (χ4v) is 4.17. The maximum atomic E-state index is 12.5. The average Bonchev–Trinajstić information content (AvgIpc) is 3.32. The predicted molar refractivity (Wildman–Crippen MR) is 124 cm³/mol. The summed E-state index contributed by atoms with van der Waals surface area (Å²) in [6.45, 7) is 2.62. The molecule has 170 valence electrons. The van der Waals surface area contributed by atoms with Crippen LogP contribution in [0.5, 0.6) is 17.2 Å². The molecular formula is C23H20Cl2N4O4. The number of aromatic nitrogens is 2. The Labute approximate surface area is 200 Å². The molecule has 3 heterocycles. The number of piperazine rings is 1. The highest BCUT2D eigenvalue weighted by Gasteiger charge is 2.23. The van der Waals surface area contributed by atoms with Crippen LogP contribution in [0.1, 0.15) is 0 Å². The molecule has 0 aliphatic carbocycles. The summed E-state index contributed by atoms with van der Waals surface area (Å²) in [5, 5.41) is 9.65. The molecule has 1 fully saturated rings. The van der Waals surface area contributed by atoms with Crippen molar-refractivity contribution in [1.29, 1.82) is 0 Å². The first kappa shape index (κ1) is 21.6. The van der Waals surface area contributed by atoms with Gasteiger partial charge in [0.15, 0.2) is 23.9 Å². The number of hydrogen-bond donors (Lipinski definition) is 0. The van der Waals surface area contributed by atoms with Gasteiger partial charge in [-0.15, -0.1) is 10.2 Å². The molecule has 3 aromatic rings. The zero-order valence-corrected chi connectivity index (χ0v) is 19.1. The Morgan fingerprint density at radius 1 is 0.939 bits per heavy atom. The lowest BCUT2D eigenvalue weighted by molar-refractivity contribution is -0.133. The fourth-order valence-electron chi connectivity index (χ4n) is 3.71. The van der Waals surface area contributed by atoms with Crippen LogP contribution in [0.2, 0.25) is 10.0 Å². The van der Waals surface area contributed by atoms with E-state index in [0.29, 0.717) is 47.7 Å². The van der Waals surface area contributed by atoms with E-state index in [1.807, 2.05) is 30.3 Å². The third-order valence-electron chi connectivity index (χ3n) is 5.52. The maximum absolute atomic E-state index is 12.5. The summed E-state index contributed by atoms with van der Waals surface area (Å²) in [7, 11) is 0. The van der Waals surface area contributed by atoms with Crippen molar-refractivity contribution < 1.29 is 19.0 Å². The second-order valence-corrected chi connectivity index (χ2v) is 8.42. The molecule has 0 saturated carbocycles. The molecule has 0 atom stereocenters. The molecule has 2 aliphatic heterocycles. The first-order valence-electron chi connectivity index (χ1n) is 10.4. The number of fused-ring (bicyclic) bond motifs is 1. The number of anilines is 1. The van der Waals surface area contributed by atoms with Crippen LogP contribution in [0.25, 0.3) is 11.3 Å². The number of benzene rings is 2. The Hall–Kier alpha value is -3.23. The second kappa shape index (κ2) is 9.33. The molecule has 5 rings (SSSR count). The van der Waals surface area contributed by atoms with Gasteiger partial charge in [0.25, 0.3) is 5.91 Å². The molecule has 1 saturated heterocycles. The summed E-state index contributed by atoms with van der Waals surface area (Å²) in [6, 6.07) is 14.5. The molecule has 10 heteroatoms. The Morgan fingerprint density at radius 2 is 1.76 bits per heavy atom. The van der Waals surface area contributed by atoms with Gasteiger partial charge in [-0.05, 0) is 48.5 Å². The van der Waals surface area contributed by atoms with E-state index in [0.717, 1.165) is 22.8 Å². The Bertz CT molecular complexity index is 1170. The number of nitrogens with zero attached hydrogens (tertiary/aromatic N) is 4. The highest BCUT2D eigenvalue weighted by molar-refractivity contribution is 6.35. The van der Waals surface area contributed by atoms with Gasteiger partial charge in [0.2, 0.25) is 6.79 Å². The lowest BCUT2D eigenvalue weighted by Gasteiger charge is -2.35. The molecule has 0 N–H and O–H groups in total. The van der Waals surface area contributed by atoms with Crippen molar-refractivity contribution in [1.82, 2.24) is 15.1 Å². The Balaban J connectivity index is 1.15. The van der Waals surface area contributed by atoms with E-state index < -0.39 is 0 Å². The van der Waals surface area contributed by atoms with E-state index in [9.17, 15) is 4.79 Å². The molecule has 2 aromatic carbocycles.